The third-order valence-electron chi connectivity index (χ3n) is 2.70. The Bertz CT molecular complexity index is 579. The van der Waals surface area contributed by atoms with E-state index in [-0.39, 0.29) is 12.4 Å². The Morgan fingerprint density at radius 3 is 2.32 bits per heavy atom. The van der Waals surface area contributed by atoms with Gasteiger partial charge in [-0.05, 0) is 29.3 Å². The molecule has 0 bridgehead atoms. The second kappa shape index (κ2) is 4.89. The molecular formula is C13H11F3N2O. The van der Waals surface area contributed by atoms with E-state index in [0.717, 1.165) is 12.1 Å². The summed E-state index contributed by atoms with van der Waals surface area (Å²) in [6.45, 7) is -0.261. The Labute approximate surface area is 107 Å². The fourth-order valence-electron chi connectivity index (χ4n) is 1.75. The summed E-state index contributed by atoms with van der Waals surface area (Å²) in [5, 5.41) is 9.22. The van der Waals surface area contributed by atoms with Crippen LogP contribution >= 0.6 is 0 Å². The lowest BCUT2D eigenvalue weighted by molar-refractivity contribution is -0.137. The minimum Gasteiger partial charge on any atom is -0.392 e. The molecule has 2 aromatic rings. The number of halogens is 3. The van der Waals surface area contributed by atoms with E-state index < -0.39 is 11.7 Å². The third kappa shape index (κ3) is 2.85. The Morgan fingerprint density at radius 1 is 1.16 bits per heavy atom. The maximum Gasteiger partial charge on any atom is 0.416 e. The van der Waals surface area contributed by atoms with Gasteiger partial charge in [0.05, 0.1) is 12.2 Å². The van der Waals surface area contributed by atoms with Crippen LogP contribution in [0.3, 0.4) is 0 Å². The minimum atomic E-state index is -4.36. The number of aliphatic hydroxyl groups is 1. The summed E-state index contributed by atoms with van der Waals surface area (Å²) in [7, 11) is 0. The van der Waals surface area contributed by atoms with Gasteiger partial charge in [-0.3, -0.25) is 0 Å². The van der Waals surface area contributed by atoms with Gasteiger partial charge in [-0.1, -0.05) is 12.1 Å². The fraction of sp³-hybridized carbons (Fsp3) is 0.154. The van der Waals surface area contributed by atoms with Crippen LogP contribution in [0.25, 0.3) is 11.1 Å². The topological polar surface area (TPSA) is 59.1 Å². The fourth-order valence-corrected chi connectivity index (χ4v) is 1.75. The summed E-state index contributed by atoms with van der Waals surface area (Å²) in [4.78, 5) is 3.88. The van der Waals surface area contributed by atoms with Crippen LogP contribution in [0.2, 0.25) is 0 Å². The Hall–Kier alpha value is -2.08. The molecule has 0 unspecified atom stereocenters. The van der Waals surface area contributed by atoms with Crippen molar-refractivity contribution in [2.24, 2.45) is 0 Å². The van der Waals surface area contributed by atoms with Crippen LogP contribution in [0.1, 0.15) is 11.1 Å². The molecule has 0 saturated carbocycles. The number of pyridine rings is 1. The van der Waals surface area contributed by atoms with E-state index in [1.165, 1.54) is 24.4 Å². The molecule has 100 valence electrons. The minimum absolute atomic E-state index is 0.250. The second-order valence-electron chi connectivity index (χ2n) is 4.00. The predicted octanol–water partition coefficient (Wildman–Crippen LogP) is 2.84. The lowest BCUT2D eigenvalue weighted by Crippen LogP contribution is -2.04. The van der Waals surface area contributed by atoms with Crippen molar-refractivity contribution in [1.82, 2.24) is 4.98 Å². The van der Waals surface area contributed by atoms with Crippen LogP contribution in [0.5, 0.6) is 0 Å². The number of hydrogen-bond donors (Lipinski definition) is 2. The van der Waals surface area contributed by atoms with E-state index in [2.05, 4.69) is 4.98 Å². The predicted molar refractivity (Wildman–Crippen MR) is 65.0 cm³/mol. The Balaban J connectivity index is 2.43. The zero-order valence-corrected chi connectivity index (χ0v) is 9.78. The van der Waals surface area contributed by atoms with Gasteiger partial charge in [-0.15, -0.1) is 0 Å². The van der Waals surface area contributed by atoms with Crippen molar-refractivity contribution in [3.8, 4) is 11.1 Å². The summed E-state index contributed by atoms with van der Waals surface area (Å²) in [5.74, 6) is 0.250. The summed E-state index contributed by atoms with van der Waals surface area (Å²) >= 11 is 0. The lowest BCUT2D eigenvalue weighted by atomic mass is 10.0. The van der Waals surface area contributed by atoms with E-state index in [0.29, 0.717) is 16.7 Å². The number of nitrogens with zero attached hydrogens (tertiary/aromatic N) is 1. The number of hydrogen-bond acceptors (Lipinski definition) is 3. The molecule has 0 fully saturated rings. The summed E-state index contributed by atoms with van der Waals surface area (Å²) in [6.07, 6.45) is -2.93. The van der Waals surface area contributed by atoms with Crippen molar-refractivity contribution in [3.63, 3.8) is 0 Å². The largest absolute Gasteiger partial charge is 0.416 e. The highest BCUT2D eigenvalue weighted by Gasteiger charge is 2.30. The number of aromatic nitrogens is 1. The van der Waals surface area contributed by atoms with E-state index >= 15 is 0 Å². The number of anilines is 1. The van der Waals surface area contributed by atoms with Gasteiger partial charge in [-0.2, -0.15) is 13.2 Å². The van der Waals surface area contributed by atoms with E-state index in [9.17, 15) is 18.3 Å². The lowest BCUT2D eigenvalue weighted by Gasteiger charge is -2.10. The molecule has 2 rings (SSSR count). The van der Waals surface area contributed by atoms with Gasteiger partial charge < -0.3 is 10.8 Å². The standard InChI is InChI=1S/C13H11F3N2O/c14-13(15,16)10-3-1-8(2-4-10)11-6-18-12(17)5-9(11)7-19/h1-6,19H,7H2,(H2,17,18). The molecule has 3 N–H and O–H groups in total. The van der Waals surface area contributed by atoms with Gasteiger partial charge in [-0.25, -0.2) is 4.98 Å². The smallest absolute Gasteiger partial charge is 0.392 e. The van der Waals surface area contributed by atoms with Crippen LogP contribution in [0.4, 0.5) is 19.0 Å². The van der Waals surface area contributed by atoms with Crippen LogP contribution in [-0.2, 0) is 12.8 Å². The number of benzene rings is 1. The first kappa shape index (κ1) is 13.4. The van der Waals surface area contributed by atoms with Crippen LogP contribution < -0.4 is 5.73 Å². The van der Waals surface area contributed by atoms with Gasteiger partial charge in [0, 0.05) is 11.8 Å². The van der Waals surface area contributed by atoms with Gasteiger partial charge >= 0.3 is 6.18 Å². The first-order chi connectivity index (χ1) is 8.91. The van der Waals surface area contributed by atoms with E-state index in [4.69, 9.17) is 5.73 Å². The number of rotatable bonds is 2. The van der Waals surface area contributed by atoms with Crippen molar-refractivity contribution in [3.05, 3.63) is 47.7 Å². The normalized spacial score (nSPS) is 11.6. The monoisotopic (exact) mass is 268 g/mol. The molecule has 0 aliphatic rings. The molecule has 1 aromatic heterocycles. The summed E-state index contributed by atoms with van der Waals surface area (Å²) in [5.41, 5.74) is 6.40. The quantitative estimate of drug-likeness (QED) is 0.880. The molecule has 0 amide bonds. The van der Waals surface area contributed by atoms with Gasteiger partial charge in [0.2, 0.25) is 0 Å². The Morgan fingerprint density at radius 2 is 1.79 bits per heavy atom. The zero-order valence-electron chi connectivity index (χ0n) is 9.78. The second-order valence-corrected chi connectivity index (χ2v) is 4.00. The molecule has 0 radical (unpaired) electrons. The molecule has 0 aliphatic carbocycles. The average Bonchev–Trinajstić information content (AvgIpc) is 2.37. The maximum atomic E-state index is 12.5. The van der Waals surface area contributed by atoms with Gasteiger partial charge in [0.25, 0.3) is 0 Å². The summed E-state index contributed by atoms with van der Waals surface area (Å²) in [6, 6.07) is 6.16. The number of aliphatic hydroxyl groups excluding tert-OH is 1. The zero-order chi connectivity index (χ0) is 14.0. The molecule has 0 aliphatic heterocycles. The molecule has 3 nitrogen and oxygen atoms in total. The van der Waals surface area contributed by atoms with Crippen LogP contribution in [0.15, 0.2) is 36.5 Å². The molecule has 1 heterocycles. The van der Waals surface area contributed by atoms with Crippen molar-refractivity contribution in [2.45, 2.75) is 12.8 Å². The summed E-state index contributed by atoms with van der Waals surface area (Å²) < 4.78 is 37.4. The first-order valence-corrected chi connectivity index (χ1v) is 5.44. The SMILES string of the molecule is Nc1cc(CO)c(-c2ccc(C(F)(F)F)cc2)cn1. The van der Waals surface area contributed by atoms with E-state index in [1.807, 2.05) is 0 Å². The third-order valence-corrected chi connectivity index (χ3v) is 2.70. The van der Waals surface area contributed by atoms with Crippen LogP contribution in [-0.4, -0.2) is 10.1 Å². The first-order valence-electron chi connectivity index (χ1n) is 5.44. The molecular weight excluding hydrogens is 257 g/mol. The van der Waals surface area contributed by atoms with Gasteiger partial charge in [0.15, 0.2) is 0 Å². The highest BCUT2D eigenvalue weighted by Crippen LogP contribution is 2.31. The molecule has 19 heavy (non-hydrogen) atoms. The van der Waals surface area contributed by atoms with Gasteiger partial charge in [0.1, 0.15) is 5.82 Å². The molecule has 0 saturated heterocycles. The molecule has 1 aromatic carbocycles. The average molecular weight is 268 g/mol. The Kier molecular flexibility index (Phi) is 3.44. The number of nitrogens with two attached hydrogens (primary N) is 1. The highest BCUT2D eigenvalue weighted by molar-refractivity contribution is 5.68. The number of nitrogen functional groups attached to an aromatic ring is 1. The number of alkyl halides is 3. The molecule has 6 heteroatoms. The van der Waals surface area contributed by atoms with Crippen molar-refractivity contribution in [1.29, 1.82) is 0 Å². The van der Waals surface area contributed by atoms with E-state index in [1.54, 1.807) is 0 Å². The van der Waals surface area contributed by atoms with Crippen molar-refractivity contribution < 1.29 is 18.3 Å². The van der Waals surface area contributed by atoms with Crippen LogP contribution in [0, 0.1) is 0 Å². The van der Waals surface area contributed by atoms with Crippen molar-refractivity contribution >= 4 is 5.82 Å². The van der Waals surface area contributed by atoms with Crippen molar-refractivity contribution in [2.75, 3.05) is 5.73 Å². The maximum absolute atomic E-state index is 12.5. The highest BCUT2D eigenvalue weighted by atomic mass is 19.4. The molecule has 0 atom stereocenters. The molecule has 0 spiro atoms.